The summed E-state index contributed by atoms with van der Waals surface area (Å²) < 4.78 is 51.2. The fourth-order valence-corrected chi connectivity index (χ4v) is 5.28. The molecule has 1 saturated heterocycles. The lowest BCUT2D eigenvalue weighted by Gasteiger charge is -2.26. The van der Waals surface area contributed by atoms with Crippen molar-refractivity contribution in [2.45, 2.75) is 29.9 Å². The molecule has 0 aromatic heterocycles. The van der Waals surface area contributed by atoms with Crippen LogP contribution >= 0.6 is 27.5 Å². The number of hydrogen-bond donors (Lipinski definition) is 0. The van der Waals surface area contributed by atoms with Crippen LogP contribution in [-0.2, 0) is 9.84 Å². The Bertz CT molecular complexity index is 592. The molecule has 0 aliphatic carbocycles. The first-order chi connectivity index (χ1) is 8.83. The lowest BCUT2D eigenvalue weighted by atomic mass is 10.0. The summed E-state index contributed by atoms with van der Waals surface area (Å²) in [6.07, 6.45) is 1.71. The van der Waals surface area contributed by atoms with Gasteiger partial charge in [0.15, 0.2) is 9.84 Å². The SMILES string of the molecule is O=S1(=O)CCCCC1C(Cl)c1cc(F)c(Br)cc1F. The van der Waals surface area contributed by atoms with Gasteiger partial charge in [-0.25, -0.2) is 17.2 Å². The molecule has 1 aliphatic rings. The molecular formula is C12H12BrClF2O2S. The summed E-state index contributed by atoms with van der Waals surface area (Å²) in [5.41, 5.74) is -0.0992. The zero-order valence-corrected chi connectivity index (χ0v) is 13.0. The van der Waals surface area contributed by atoms with Gasteiger partial charge >= 0.3 is 0 Å². The van der Waals surface area contributed by atoms with E-state index in [1.807, 2.05) is 0 Å². The van der Waals surface area contributed by atoms with E-state index in [-0.39, 0.29) is 15.8 Å². The first-order valence-corrected chi connectivity index (χ1v) is 8.77. The minimum Gasteiger partial charge on any atom is -0.228 e. The Labute approximate surface area is 124 Å². The maximum atomic E-state index is 13.8. The zero-order chi connectivity index (χ0) is 14.2. The van der Waals surface area contributed by atoms with Crippen molar-refractivity contribution < 1.29 is 17.2 Å². The summed E-state index contributed by atoms with van der Waals surface area (Å²) in [6.45, 7) is 0. The van der Waals surface area contributed by atoms with Gasteiger partial charge in [0.1, 0.15) is 11.6 Å². The Kier molecular flexibility index (Phi) is 4.52. The molecule has 1 aliphatic heterocycles. The van der Waals surface area contributed by atoms with Crippen molar-refractivity contribution in [3.63, 3.8) is 0 Å². The number of sulfone groups is 1. The van der Waals surface area contributed by atoms with Gasteiger partial charge in [-0.05, 0) is 40.9 Å². The molecular weight excluding hydrogens is 362 g/mol. The van der Waals surface area contributed by atoms with Crippen LogP contribution in [0.1, 0.15) is 30.2 Å². The molecule has 0 N–H and O–H groups in total. The molecule has 0 saturated carbocycles. The highest BCUT2D eigenvalue weighted by Gasteiger charge is 2.36. The van der Waals surface area contributed by atoms with Crippen LogP contribution in [0, 0.1) is 11.6 Å². The van der Waals surface area contributed by atoms with E-state index in [1.165, 1.54) is 0 Å². The third-order valence-corrected chi connectivity index (χ3v) is 6.88. The molecule has 7 heteroatoms. The van der Waals surface area contributed by atoms with E-state index in [9.17, 15) is 17.2 Å². The third-order valence-electron chi connectivity index (χ3n) is 3.29. The molecule has 1 heterocycles. The van der Waals surface area contributed by atoms with Gasteiger partial charge in [-0.2, -0.15) is 0 Å². The minimum absolute atomic E-state index is 0.0101. The molecule has 0 bridgehead atoms. The van der Waals surface area contributed by atoms with Crippen molar-refractivity contribution in [1.29, 1.82) is 0 Å². The van der Waals surface area contributed by atoms with E-state index in [0.717, 1.165) is 18.6 Å². The van der Waals surface area contributed by atoms with Gasteiger partial charge in [0, 0.05) is 5.56 Å². The largest absolute Gasteiger partial charge is 0.228 e. The second-order valence-electron chi connectivity index (χ2n) is 4.59. The average molecular weight is 374 g/mol. The van der Waals surface area contributed by atoms with Crippen molar-refractivity contribution in [2.24, 2.45) is 0 Å². The van der Waals surface area contributed by atoms with Crippen LogP contribution in [0.25, 0.3) is 0 Å². The Hall–Kier alpha value is -0.200. The van der Waals surface area contributed by atoms with Crippen LogP contribution in [-0.4, -0.2) is 19.4 Å². The van der Waals surface area contributed by atoms with E-state index in [4.69, 9.17) is 11.6 Å². The maximum absolute atomic E-state index is 13.8. The summed E-state index contributed by atoms with van der Waals surface area (Å²) in [5, 5.41) is -1.91. The van der Waals surface area contributed by atoms with E-state index in [1.54, 1.807) is 0 Å². The van der Waals surface area contributed by atoms with Crippen molar-refractivity contribution in [1.82, 2.24) is 0 Å². The highest BCUT2D eigenvalue weighted by Crippen LogP contribution is 2.37. The van der Waals surface area contributed by atoms with Gasteiger partial charge < -0.3 is 0 Å². The molecule has 2 unspecified atom stereocenters. The maximum Gasteiger partial charge on any atom is 0.154 e. The predicted octanol–water partition coefficient (Wildman–Crippen LogP) is 3.97. The average Bonchev–Trinajstić information content (AvgIpc) is 2.32. The fraction of sp³-hybridized carbons (Fsp3) is 0.500. The van der Waals surface area contributed by atoms with Gasteiger partial charge in [-0.15, -0.1) is 11.6 Å². The molecule has 19 heavy (non-hydrogen) atoms. The number of benzene rings is 1. The van der Waals surface area contributed by atoms with Gasteiger partial charge in [-0.1, -0.05) is 6.42 Å². The summed E-state index contributed by atoms with van der Waals surface area (Å²) in [5.74, 6) is -1.30. The monoisotopic (exact) mass is 372 g/mol. The van der Waals surface area contributed by atoms with Gasteiger partial charge in [-0.3, -0.25) is 0 Å². The standard InChI is InChI=1S/C12H12BrClF2O2S/c13-8-6-9(15)7(5-10(8)16)12(14)11-3-1-2-4-19(11,17)18/h5-6,11-12H,1-4H2. The molecule has 1 fully saturated rings. The van der Waals surface area contributed by atoms with Crippen LogP contribution in [0.4, 0.5) is 8.78 Å². The molecule has 2 rings (SSSR count). The molecule has 1 aromatic rings. The van der Waals surface area contributed by atoms with Crippen LogP contribution < -0.4 is 0 Å². The Morgan fingerprint density at radius 3 is 2.58 bits per heavy atom. The zero-order valence-electron chi connectivity index (χ0n) is 9.87. The highest BCUT2D eigenvalue weighted by atomic mass is 79.9. The van der Waals surface area contributed by atoms with Crippen molar-refractivity contribution in [3.05, 3.63) is 33.8 Å². The van der Waals surface area contributed by atoms with Crippen LogP contribution in [0.15, 0.2) is 16.6 Å². The number of rotatable bonds is 2. The lowest BCUT2D eigenvalue weighted by molar-refractivity contribution is 0.522. The number of alkyl halides is 1. The summed E-state index contributed by atoms with van der Waals surface area (Å²) >= 11 is 8.97. The minimum atomic E-state index is -3.34. The molecule has 1 aromatic carbocycles. The summed E-state index contributed by atoms with van der Waals surface area (Å²) in [6, 6.07) is 1.93. The topological polar surface area (TPSA) is 34.1 Å². The molecule has 2 atom stereocenters. The third kappa shape index (κ3) is 3.11. The quantitative estimate of drug-likeness (QED) is 0.580. The van der Waals surface area contributed by atoms with Gasteiger partial charge in [0.2, 0.25) is 0 Å². The normalized spacial score (nSPS) is 24.1. The predicted molar refractivity (Wildman–Crippen MR) is 74.1 cm³/mol. The van der Waals surface area contributed by atoms with E-state index < -0.39 is 32.1 Å². The first-order valence-electron chi connectivity index (χ1n) is 5.83. The summed E-state index contributed by atoms with van der Waals surface area (Å²) in [7, 11) is -3.34. The van der Waals surface area contributed by atoms with Crippen molar-refractivity contribution >= 4 is 37.4 Å². The number of halogens is 4. The molecule has 0 amide bonds. The second-order valence-corrected chi connectivity index (χ2v) is 8.25. The fourth-order valence-electron chi connectivity index (χ4n) is 2.26. The van der Waals surface area contributed by atoms with Gasteiger partial charge in [0.05, 0.1) is 20.9 Å². The van der Waals surface area contributed by atoms with Crippen LogP contribution in [0.3, 0.4) is 0 Å². The second kappa shape index (κ2) is 5.66. The molecule has 106 valence electrons. The Morgan fingerprint density at radius 2 is 1.95 bits per heavy atom. The smallest absolute Gasteiger partial charge is 0.154 e. The van der Waals surface area contributed by atoms with Crippen molar-refractivity contribution in [2.75, 3.05) is 5.75 Å². The van der Waals surface area contributed by atoms with Crippen molar-refractivity contribution in [3.8, 4) is 0 Å². The Balaban J connectivity index is 2.39. The van der Waals surface area contributed by atoms with Crippen LogP contribution in [0.5, 0.6) is 0 Å². The molecule has 0 radical (unpaired) electrons. The van der Waals surface area contributed by atoms with E-state index in [0.29, 0.717) is 12.8 Å². The highest BCUT2D eigenvalue weighted by molar-refractivity contribution is 9.10. The van der Waals surface area contributed by atoms with E-state index in [2.05, 4.69) is 15.9 Å². The Morgan fingerprint density at radius 1 is 1.26 bits per heavy atom. The lowest BCUT2D eigenvalue weighted by Crippen LogP contribution is -2.32. The number of hydrogen-bond acceptors (Lipinski definition) is 2. The summed E-state index contributed by atoms with van der Waals surface area (Å²) in [4.78, 5) is 0. The molecule has 0 spiro atoms. The van der Waals surface area contributed by atoms with E-state index >= 15 is 0 Å². The molecule has 2 nitrogen and oxygen atoms in total. The first kappa shape index (κ1) is 15.2. The van der Waals surface area contributed by atoms with Gasteiger partial charge in [0.25, 0.3) is 0 Å². The van der Waals surface area contributed by atoms with Crippen LogP contribution in [0.2, 0.25) is 0 Å².